The van der Waals surface area contributed by atoms with Crippen molar-refractivity contribution >= 4 is 5.97 Å². The molecular formula is C15H20O4. The summed E-state index contributed by atoms with van der Waals surface area (Å²) in [6.45, 7) is 8.03. The van der Waals surface area contributed by atoms with Gasteiger partial charge in [0.05, 0.1) is 0 Å². The average Bonchev–Trinajstić information content (AvgIpc) is 2.35. The lowest BCUT2D eigenvalue weighted by molar-refractivity contribution is -0.437. The molecule has 104 valence electrons. The summed E-state index contributed by atoms with van der Waals surface area (Å²) in [5.41, 5.74) is 1.05. The number of carboxylic acid groups (broad SMARTS) is 1. The van der Waals surface area contributed by atoms with Crippen LogP contribution in [0.15, 0.2) is 23.8 Å². The number of fused-ring (bicyclic) bond motifs is 1. The normalized spacial score (nSPS) is 44.4. The summed E-state index contributed by atoms with van der Waals surface area (Å²) in [7, 11) is 0. The minimum absolute atomic E-state index is 0.0350. The van der Waals surface area contributed by atoms with Crippen molar-refractivity contribution in [1.29, 1.82) is 0 Å². The highest BCUT2D eigenvalue weighted by atomic mass is 17.2. The van der Waals surface area contributed by atoms with Gasteiger partial charge in [0.15, 0.2) is 0 Å². The van der Waals surface area contributed by atoms with Crippen molar-refractivity contribution in [2.24, 2.45) is 11.3 Å². The van der Waals surface area contributed by atoms with Gasteiger partial charge in [-0.25, -0.2) is 14.6 Å². The van der Waals surface area contributed by atoms with Crippen LogP contribution in [0.3, 0.4) is 0 Å². The van der Waals surface area contributed by atoms with Gasteiger partial charge in [-0.05, 0) is 44.1 Å². The number of hydrogen-bond donors (Lipinski definition) is 1. The van der Waals surface area contributed by atoms with Gasteiger partial charge in [0.1, 0.15) is 11.7 Å². The Morgan fingerprint density at radius 3 is 2.89 bits per heavy atom. The summed E-state index contributed by atoms with van der Waals surface area (Å²) in [5, 5.41) is 9.14. The molecule has 2 heterocycles. The van der Waals surface area contributed by atoms with Crippen molar-refractivity contribution in [2.75, 3.05) is 0 Å². The minimum Gasteiger partial charge on any atom is -0.478 e. The average molecular weight is 264 g/mol. The summed E-state index contributed by atoms with van der Waals surface area (Å²) in [5.74, 6) is -0.941. The highest BCUT2D eigenvalue weighted by molar-refractivity contribution is 5.86. The van der Waals surface area contributed by atoms with Crippen LogP contribution in [0.4, 0.5) is 0 Å². The molecule has 4 heteroatoms. The van der Waals surface area contributed by atoms with Crippen molar-refractivity contribution < 1.29 is 19.7 Å². The molecule has 0 aromatic rings. The lowest BCUT2D eigenvalue weighted by atomic mass is 9.53. The number of carboxylic acids is 1. The van der Waals surface area contributed by atoms with E-state index in [9.17, 15) is 4.79 Å². The molecule has 0 aromatic heterocycles. The van der Waals surface area contributed by atoms with E-state index in [2.05, 4.69) is 26.5 Å². The molecule has 0 unspecified atom stereocenters. The summed E-state index contributed by atoms with van der Waals surface area (Å²) in [4.78, 5) is 22.3. The third kappa shape index (κ3) is 1.63. The van der Waals surface area contributed by atoms with E-state index >= 15 is 0 Å². The first-order valence-electron chi connectivity index (χ1n) is 6.83. The first kappa shape index (κ1) is 12.9. The monoisotopic (exact) mass is 264 g/mol. The maximum atomic E-state index is 11.1. The van der Waals surface area contributed by atoms with Crippen molar-refractivity contribution in [3.05, 3.63) is 23.8 Å². The molecule has 0 amide bonds. The standard InChI is InChI=1S/C15H20O4/c1-9-6-12-8-14(3)5-4-11(10(2)13(16)17)7-15(9,14)19-18-12/h6,11-12H,2,4-5,7-8H2,1,3H3,(H,16,17)/t11-,12+,14+,15-/m1/s1. The summed E-state index contributed by atoms with van der Waals surface area (Å²) >= 11 is 0. The Balaban J connectivity index is 1.96. The second kappa shape index (κ2) is 3.93. The molecule has 2 aliphatic heterocycles. The molecular weight excluding hydrogens is 244 g/mol. The zero-order chi connectivity index (χ0) is 13.8. The summed E-state index contributed by atoms with van der Waals surface area (Å²) in [6.07, 6.45) is 5.60. The molecule has 0 aromatic carbocycles. The first-order chi connectivity index (χ1) is 8.88. The van der Waals surface area contributed by atoms with E-state index in [1.54, 1.807) is 0 Å². The summed E-state index contributed by atoms with van der Waals surface area (Å²) in [6, 6.07) is 0. The number of carbonyl (C=O) groups is 1. The van der Waals surface area contributed by atoms with Crippen LogP contribution in [0, 0.1) is 11.3 Å². The number of rotatable bonds is 2. The predicted octanol–water partition coefficient (Wildman–Crippen LogP) is 2.85. The van der Waals surface area contributed by atoms with Crippen LogP contribution in [0.1, 0.15) is 39.5 Å². The Labute approximate surface area is 113 Å². The third-order valence-corrected chi connectivity index (χ3v) is 5.36. The van der Waals surface area contributed by atoms with Crippen molar-refractivity contribution in [1.82, 2.24) is 0 Å². The lowest BCUT2D eigenvalue weighted by Crippen LogP contribution is -2.61. The molecule has 4 aliphatic rings. The SMILES string of the molecule is C=C(C(=O)O)[C@@H]1CC[C@@]2(C)C[C@@H]3C=C(C)[C@@]2(C1)OO3. The number of hydrogen-bond acceptors (Lipinski definition) is 3. The fourth-order valence-corrected chi connectivity index (χ4v) is 4.09. The van der Waals surface area contributed by atoms with E-state index in [0.717, 1.165) is 19.3 Å². The third-order valence-electron chi connectivity index (χ3n) is 5.36. The highest BCUT2D eigenvalue weighted by Gasteiger charge is 2.61. The Morgan fingerprint density at radius 1 is 1.53 bits per heavy atom. The summed E-state index contributed by atoms with van der Waals surface area (Å²) < 4.78 is 0. The molecule has 4 nitrogen and oxygen atoms in total. The van der Waals surface area contributed by atoms with Crippen molar-refractivity contribution in [3.8, 4) is 0 Å². The quantitative estimate of drug-likeness (QED) is 0.473. The van der Waals surface area contributed by atoms with Gasteiger partial charge in [-0.2, -0.15) is 0 Å². The van der Waals surface area contributed by atoms with Gasteiger partial charge in [0.2, 0.25) is 0 Å². The van der Waals surface area contributed by atoms with Gasteiger partial charge >= 0.3 is 5.97 Å². The van der Waals surface area contributed by atoms with Crippen molar-refractivity contribution in [3.63, 3.8) is 0 Å². The minimum atomic E-state index is -0.906. The molecule has 1 N–H and O–H groups in total. The second-order valence-corrected chi connectivity index (χ2v) is 6.43. The zero-order valence-corrected chi connectivity index (χ0v) is 11.4. The van der Waals surface area contributed by atoms with Crippen LogP contribution in [0.2, 0.25) is 0 Å². The van der Waals surface area contributed by atoms with Gasteiger partial charge in [0, 0.05) is 11.0 Å². The Morgan fingerprint density at radius 2 is 2.26 bits per heavy atom. The van der Waals surface area contributed by atoms with Gasteiger partial charge in [-0.1, -0.05) is 19.6 Å². The van der Waals surface area contributed by atoms with E-state index in [0.29, 0.717) is 12.0 Å². The van der Waals surface area contributed by atoms with E-state index in [-0.39, 0.29) is 17.4 Å². The Hall–Kier alpha value is -1.13. The molecule has 1 spiro atoms. The van der Waals surface area contributed by atoms with Gasteiger partial charge in [0.25, 0.3) is 0 Å². The zero-order valence-electron chi connectivity index (χ0n) is 11.4. The molecule has 4 rings (SSSR count). The van der Waals surface area contributed by atoms with E-state index in [4.69, 9.17) is 14.9 Å². The maximum Gasteiger partial charge on any atom is 0.331 e. The van der Waals surface area contributed by atoms with E-state index in [1.807, 2.05) is 0 Å². The smallest absolute Gasteiger partial charge is 0.331 e. The van der Waals surface area contributed by atoms with Crippen LogP contribution in [0.25, 0.3) is 0 Å². The Bertz CT molecular complexity index is 481. The molecule has 1 saturated heterocycles. The molecule has 2 aliphatic carbocycles. The molecule has 0 radical (unpaired) electrons. The highest BCUT2D eigenvalue weighted by Crippen LogP contribution is 2.60. The van der Waals surface area contributed by atoms with Gasteiger partial charge in [-0.3, -0.25) is 0 Å². The van der Waals surface area contributed by atoms with Crippen LogP contribution in [-0.4, -0.2) is 22.8 Å². The molecule has 19 heavy (non-hydrogen) atoms. The molecule has 4 atom stereocenters. The fraction of sp³-hybridized carbons (Fsp3) is 0.667. The Kier molecular flexibility index (Phi) is 2.67. The van der Waals surface area contributed by atoms with Crippen LogP contribution < -0.4 is 0 Å². The van der Waals surface area contributed by atoms with Gasteiger partial charge in [-0.15, -0.1) is 0 Å². The second-order valence-electron chi connectivity index (χ2n) is 6.43. The molecule has 1 saturated carbocycles. The van der Waals surface area contributed by atoms with Crippen LogP contribution >= 0.6 is 0 Å². The predicted molar refractivity (Wildman–Crippen MR) is 69.3 cm³/mol. The van der Waals surface area contributed by atoms with E-state index < -0.39 is 11.6 Å². The van der Waals surface area contributed by atoms with Gasteiger partial charge < -0.3 is 5.11 Å². The first-order valence-corrected chi connectivity index (χ1v) is 6.83. The van der Waals surface area contributed by atoms with Crippen LogP contribution in [0.5, 0.6) is 0 Å². The fourth-order valence-electron chi connectivity index (χ4n) is 4.09. The number of aliphatic carboxylic acids is 1. The van der Waals surface area contributed by atoms with Crippen molar-refractivity contribution in [2.45, 2.75) is 51.2 Å². The topological polar surface area (TPSA) is 55.8 Å². The van der Waals surface area contributed by atoms with E-state index in [1.165, 1.54) is 5.57 Å². The molecule has 2 fully saturated rings. The van der Waals surface area contributed by atoms with Crippen LogP contribution in [-0.2, 0) is 14.6 Å². The largest absolute Gasteiger partial charge is 0.478 e. The lowest BCUT2D eigenvalue weighted by Gasteiger charge is -2.59. The maximum absolute atomic E-state index is 11.1. The molecule has 2 bridgehead atoms.